The molecule has 10 nitrogen and oxygen atoms in total. The molecule has 2 atom stereocenters. The Balaban J connectivity index is 1.20. The minimum absolute atomic E-state index is 0.0381. The first-order chi connectivity index (χ1) is 20.7. The molecule has 3 N–H and O–H groups in total. The highest BCUT2D eigenvalue weighted by Crippen LogP contribution is 2.47. The lowest BCUT2D eigenvalue weighted by Crippen LogP contribution is -2.71. The number of halogens is 2. The molecule has 3 fully saturated rings. The van der Waals surface area contributed by atoms with Gasteiger partial charge in [0.15, 0.2) is 12.7 Å². The van der Waals surface area contributed by atoms with Crippen molar-refractivity contribution in [2.75, 3.05) is 24.6 Å². The van der Waals surface area contributed by atoms with Gasteiger partial charge in [-0.05, 0) is 89.6 Å². The first-order valence-corrected chi connectivity index (χ1v) is 15.2. The summed E-state index contributed by atoms with van der Waals surface area (Å²) in [5, 5.41) is 17.2. The molecule has 238 valence electrons. The maximum atomic E-state index is 13.7. The second kappa shape index (κ2) is 12.1. The average Bonchev–Trinajstić information content (AvgIpc) is 2.93. The molecule has 44 heavy (non-hydrogen) atoms. The third-order valence-electron chi connectivity index (χ3n) is 8.50. The number of amides is 2. The minimum atomic E-state index is -0.901. The number of nitrogens with zero attached hydrogens (tertiary/aromatic N) is 1. The number of benzene rings is 2. The lowest BCUT2D eigenvalue weighted by atomic mass is 9.60. The molecule has 2 bridgehead atoms. The predicted molar refractivity (Wildman–Crippen MR) is 161 cm³/mol. The zero-order valence-electron chi connectivity index (χ0n) is 25.4. The molecule has 1 aliphatic heterocycles. The number of carbonyl (C=O) groups is 3. The van der Waals surface area contributed by atoms with E-state index >= 15 is 0 Å². The Bertz CT molecular complexity index is 1440. The van der Waals surface area contributed by atoms with Crippen LogP contribution < -0.4 is 25.0 Å². The maximum Gasteiger partial charge on any atom is 0.326 e. The zero-order valence-corrected chi connectivity index (χ0v) is 26.1. The number of hydrogen-bond acceptors (Lipinski definition) is 8. The molecule has 0 aromatic heterocycles. The largest absolute Gasteiger partial charge is 0.484 e. The molecule has 12 heteroatoms. The van der Waals surface area contributed by atoms with Crippen LogP contribution in [0.15, 0.2) is 36.4 Å². The fourth-order valence-electron chi connectivity index (χ4n) is 6.31. The minimum Gasteiger partial charge on any atom is -0.484 e. The second-order valence-corrected chi connectivity index (χ2v) is 13.5. The number of rotatable bonds is 8. The van der Waals surface area contributed by atoms with Gasteiger partial charge in [0.2, 0.25) is 0 Å². The Morgan fingerprint density at radius 3 is 2.50 bits per heavy atom. The third-order valence-corrected chi connectivity index (χ3v) is 8.81. The summed E-state index contributed by atoms with van der Waals surface area (Å²) in [5.41, 5.74) is -0.444. The van der Waals surface area contributed by atoms with Crippen molar-refractivity contribution in [3.63, 3.8) is 0 Å². The number of nitrogens with one attached hydrogen (secondary N) is 2. The highest BCUT2D eigenvalue weighted by molar-refractivity contribution is 6.30. The summed E-state index contributed by atoms with van der Waals surface area (Å²) in [6.07, 6.45) is 0.464. The van der Waals surface area contributed by atoms with Gasteiger partial charge in [-0.2, -0.15) is 0 Å². The maximum absolute atomic E-state index is 13.7. The van der Waals surface area contributed by atoms with Crippen LogP contribution in [0, 0.1) is 12.7 Å². The van der Waals surface area contributed by atoms with Crippen molar-refractivity contribution < 1.29 is 38.1 Å². The highest BCUT2D eigenvalue weighted by atomic mass is 35.5. The monoisotopic (exact) mass is 631 g/mol. The summed E-state index contributed by atoms with van der Waals surface area (Å²) in [7, 11) is 0. The number of aliphatic hydroxyl groups excluding tert-OH is 1. The molecule has 3 aliphatic carbocycles. The van der Waals surface area contributed by atoms with Crippen molar-refractivity contribution in [1.82, 2.24) is 10.6 Å². The van der Waals surface area contributed by atoms with E-state index in [4.69, 9.17) is 25.8 Å². The summed E-state index contributed by atoms with van der Waals surface area (Å²) in [6.45, 7) is 7.12. The topological polar surface area (TPSA) is 126 Å². The molecule has 2 aromatic carbocycles. The molecule has 0 unspecified atom stereocenters. The van der Waals surface area contributed by atoms with Gasteiger partial charge in [0, 0.05) is 11.6 Å². The van der Waals surface area contributed by atoms with Crippen molar-refractivity contribution >= 4 is 35.1 Å². The number of anilines is 1. The van der Waals surface area contributed by atoms with Gasteiger partial charge in [-0.25, -0.2) is 4.39 Å². The number of esters is 1. The van der Waals surface area contributed by atoms with E-state index in [-0.39, 0.29) is 42.8 Å². The van der Waals surface area contributed by atoms with Crippen LogP contribution in [0.25, 0.3) is 0 Å². The quantitative estimate of drug-likeness (QED) is 0.376. The van der Waals surface area contributed by atoms with Crippen molar-refractivity contribution in [1.29, 1.82) is 0 Å². The molecule has 2 amide bonds. The number of carbonyl (C=O) groups excluding carboxylic acids is 3. The Morgan fingerprint density at radius 2 is 1.84 bits per heavy atom. The zero-order chi connectivity index (χ0) is 31.9. The normalized spacial score (nSPS) is 25.8. The van der Waals surface area contributed by atoms with E-state index in [1.54, 1.807) is 31.7 Å². The van der Waals surface area contributed by atoms with E-state index in [1.165, 1.54) is 12.1 Å². The van der Waals surface area contributed by atoms with Gasteiger partial charge in [0.05, 0.1) is 28.9 Å². The smallest absolute Gasteiger partial charge is 0.326 e. The predicted octanol–water partition coefficient (Wildman–Crippen LogP) is 3.82. The van der Waals surface area contributed by atoms with Crippen molar-refractivity contribution in [3.8, 4) is 11.5 Å². The van der Waals surface area contributed by atoms with Crippen LogP contribution in [-0.4, -0.2) is 71.5 Å². The molecule has 3 saturated carbocycles. The van der Waals surface area contributed by atoms with Crippen LogP contribution >= 0.6 is 11.6 Å². The first-order valence-electron chi connectivity index (χ1n) is 14.8. The molecule has 4 aliphatic rings. The standard InChI is InChI=1S/C32H39ClFN3O7/c1-19-5-8-24-23(13-19)37(17-28(40)44-30(2,3)4)16-25(43-24)29(41)36-31-9-11-32(12-10-31,26(38)15-31)35-27(39)18-42-20-6-7-21(33)22(34)14-20/h5-8,13-14,25-26,38H,9-12,15-18H2,1-4H3,(H,35,39)(H,36,41)/t25-,26-,31?,32?/m0/s1. The van der Waals surface area contributed by atoms with E-state index in [0.717, 1.165) is 17.3 Å². The van der Waals surface area contributed by atoms with Gasteiger partial charge in [-0.3, -0.25) is 14.4 Å². The number of aliphatic hydroxyl groups is 1. The number of fused-ring (bicyclic) bond motifs is 4. The number of ether oxygens (including phenoxy) is 3. The van der Waals surface area contributed by atoms with Gasteiger partial charge in [-0.15, -0.1) is 0 Å². The van der Waals surface area contributed by atoms with Crippen LogP contribution in [0.2, 0.25) is 5.02 Å². The molecular formula is C32H39ClFN3O7. The van der Waals surface area contributed by atoms with Crippen LogP contribution in [0.1, 0.15) is 58.4 Å². The van der Waals surface area contributed by atoms with Gasteiger partial charge < -0.3 is 34.9 Å². The Hall–Kier alpha value is -3.57. The molecule has 6 rings (SSSR count). The van der Waals surface area contributed by atoms with Gasteiger partial charge in [0.1, 0.15) is 29.5 Å². The fourth-order valence-corrected chi connectivity index (χ4v) is 6.43. The van der Waals surface area contributed by atoms with Crippen LogP contribution in [0.4, 0.5) is 10.1 Å². The summed E-state index contributed by atoms with van der Waals surface area (Å²) < 4.78 is 30.7. The SMILES string of the molecule is Cc1ccc2c(c1)N(CC(=O)OC(C)(C)C)C[C@@H](C(=O)NC13CCC(NC(=O)COc4ccc(Cl)c(F)c4)(CC1)[C@@H](O)C3)O2. The Kier molecular flexibility index (Phi) is 8.74. The Morgan fingerprint density at radius 1 is 1.11 bits per heavy atom. The Labute approximate surface area is 261 Å². The second-order valence-electron chi connectivity index (χ2n) is 13.1. The van der Waals surface area contributed by atoms with Crippen molar-refractivity contribution in [2.24, 2.45) is 0 Å². The fraction of sp³-hybridized carbons (Fsp3) is 0.531. The lowest BCUT2D eigenvalue weighted by Gasteiger charge is -2.56. The van der Waals surface area contributed by atoms with E-state index in [0.29, 0.717) is 31.4 Å². The van der Waals surface area contributed by atoms with Crippen molar-refractivity contribution in [3.05, 3.63) is 52.8 Å². The molecular weight excluding hydrogens is 593 g/mol. The third kappa shape index (κ3) is 7.04. The van der Waals surface area contributed by atoms with E-state index in [2.05, 4.69) is 10.6 Å². The lowest BCUT2D eigenvalue weighted by molar-refractivity contribution is -0.153. The van der Waals surface area contributed by atoms with E-state index in [9.17, 15) is 23.9 Å². The summed E-state index contributed by atoms with van der Waals surface area (Å²) in [5.74, 6) is -1.16. The van der Waals surface area contributed by atoms with Crippen LogP contribution in [-0.2, 0) is 19.1 Å². The summed E-state index contributed by atoms with van der Waals surface area (Å²) >= 11 is 5.70. The van der Waals surface area contributed by atoms with E-state index < -0.39 is 46.6 Å². The molecule has 1 heterocycles. The van der Waals surface area contributed by atoms with E-state index in [1.807, 2.05) is 19.1 Å². The molecule has 2 aromatic rings. The van der Waals surface area contributed by atoms with Crippen LogP contribution in [0.5, 0.6) is 11.5 Å². The highest BCUT2D eigenvalue weighted by Gasteiger charge is 2.55. The van der Waals surface area contributed by atoms with Gasteiger partial charge in [0.25, 0.3) is 11.8 Å². The molecule has 0 saturated heterocycles. The van der Waals surface area contributed by atoms with Crippen molar-refractivity contribution in [2.45, 2.75) is 88.7 Å². The average molecular weight is 632 g/mol. The number of aryl methyl sites for hydroxylation is 1. The summed E-state index contributed by atoms with van der Waals surface area (Å²) in [6, 6.07) is 9.51. The molecule has 0 radical (unpaired) electrons. The first kappa shape index (κ1) is 31.8. The summed E-state index contributed by atoms with van der Waals surface area (Å²) in [4.78, 5) is 40.9. The van der Waals surface area contributed by atoms with Gasteiger partial charge in [-0.1, -0.05) is 17.7 Å². The van der Waals surface area contributed by atoms with Crippen LogP contribution in [0.3, 0.4) is 0 Å². The molecule has 0 spiro atoms. The number of hydrogen-bond donors (Lipinski definition) is 3. The van der Waals surface area contributed by atoms with Gasteiger partial charge >= 0.3 is 5.97 Å².